The van der Waals surface area contributed by atoms with Gasteiger partial charge in [-0.05, 0) is 30.2 Å². The number of halogens is 1. The maximum Gasteiger partial charge on any atom is 0.339 e. The van der Waals surface area contributed by atoms with Crippen LogP contribution in [-0.2, 0) is 38.9 Å². The molecule has 4 unspecified atom stereocenters. The number of aliphatic hydroxyl groups is 5. The molecule has 7 rings (SSSR count). The zero-order valence-electron chi connectivity index (χ0n) is 19.5. The molecule has 5 N–H and O–H groups in total. The number of carbonyl (C=O) groups is 2. The Balaban J connectivity index is 1.57. The molecule has 3 aliphatic carbocycles. The number of hydrogen-bond acceptors (Lipinski definition) is 12. The van der Waals surface area contributed by atoms with E-state index >= 15 is 0 Å². The summed E-state index contributed by atoms with van der Waals surface area (Å²) >= 11 is 6.54. The van der Waals surface area contributed by atoms with Gasteiger partial charge < -0.3 is 49.2 Å². The van der Waals surface area contributed by atoms with Crippen molar-refractivity contribution in [1.82, 2.24) is 0 Å². The third-order valence-electron chi connectivity index (χ3n) is 8.78. The smallest absolute Gasteiger partial charge is 0.339 e. The molecule has 3 fully saturated rings. The number of cyclic esters (lactones) is 1. The third-order valence-corrected chi connectivity index (χ3v) is 9.09. The number of aliphatic hydroxyl groups excluding tert-OH is 4. The van der Waals surface area contributed by atoms with E-state index in [1.165, 1.54) is 19.1 Å². The minimum atomic E-state index is -2.56. The number of ether oxygens (including phenoxy) is 5. The Bertz CT molecular complexity index is 1330. The van der Waals surface area contributed by atoms with E-state index < -0.39 is 83.3 Å². The first kappa shape index (κ1) is 23.9. The molecule has 10 atom stereocenters. The summed E-state index contributed by atoms with van der Waals surface area (Å²) in [6.07, 6.45) is -9.68. The van der Waals surface area contributed by atoms with Crippen LogP contribution >= 0.6 is 11.6 Å². The molecule has 2 saturated heterocycles. The molecule has 6 aliphatic rings. The second-order valence-corrected chi connectivity index (χ2v) is 10.8. The van der Waals surface area contributed by atoms with E-state index in [1.54, 1.807) is 0 Å². The molecule has 12 nitrogen and oxygen atoms in total. The van der Waals surface area contributed by atoms with Gasteiger partial charge in [-0.2, -0.15) is 0 Å². The van der Waals surface area contributed by atoms with Crippen molar-refractivity contribution >= 4 is 23.4 Å². The highest BCUT2D eigenvalue weighted by molar-refractivity contribution is 6.31. The molecule has 0 aromatic heterocycles. The summed E-state index contributed by atoms with van der Waals surface area (Å²) in [6, 6.07) is 2.74. The molecule has 1 saturated carbocycles. The third kappa shape index (κ3) is 2.32. The SMILES string of the molecule is CO[C@H]1C(=O)OC[C@H](O)c2cc(Cl)c3c(c2)[C@@]24O[C@]5(O)C(=C(C)C(=O)C16OC65)OC2(C(O)C[C@H]4O)[C@@H]3O. The molecular weight excluding hydrogens is 516 g/mol. The number of epoxide rings is 1. The predicted octanol–water partition coefficient (Wildman–Crippen LogP) is -1.22. The zero-order chi connectivity index (χ0) is 26.4. The number of benzene rings is 1. The van der Waals surface area contributed by atoms with Gasteiger partial charge in [0.2, 0.25) is 0 Å². The summed E-state index contributed by atoms with van der Waals surface area (Å²) in [4.78, 5) is 26.6. The zero-order valence-corrected chi connectivity index (χ0v) is 20.3. The van der Waals surface area contributed by atoms with E-state index in [9.17, 15) is 35.1 Å². The van der Waals surface area contributed by atoms with Crippen molar-refractivity contribution in [3.05, 3.63) is 45.2 Å². The maximum atomic E-state index is 13.6. The van der Waals surface area contributed by atoms with E-state index in [-0.39, 0.29) is 33.7 Å². The standard InChI is InChI=1S/C24H23ClO12/c1-7-15(29)21-18(33-2)19(31)34-6-11(26)8-3-9-14(10(25)4-8)16(30)23-13(28)5-12(27)22(9,23)37-24(32,17(7)35-23)20(21)36-21/h3-4,11-13,16,18,20,26-28,30,32H,5-6H2,1-2H3/t11-,12+,13?,16+,18-,20?,21?,22-,23?,24+/m0/s1. The molecule has 0 amide bonds. The molecule has 1 aromatic rings. The van der Waals surface area contributed by atoms with Gasteiger partial charge >= 0.3 is 5.97 Å². The quantitative estimate of drug-likeness (QED) is 0.212. The van der Waals surface area contributed by atoms with Crippen LogP contribution in [-0.4, -0.2) is 92.4 Å². The van der Waals surface area contributed by atoms with Crippen molar-refractivity contribution in [2.45, 2.75) is 72.6 Å². The Kier molecular flexibility index (Phi) is 4.46. The van der Waals surface area contributed by atoms with Gasteiger partial charge in [0.25, 0.3) is 5.79 Å². The molecule has 3 heterocycles. The molecule has 0 radical (unpaired) electrons. The second kappa shape index (κ2) is 6.89. The molecule has 37 heavy (non-hydrogen) atoms. The summed E-state index contributed by atoms with van der Waals surface area (Å²) in [5.74, 6) is -4.78. The lowest BCUT2D eigenvalue weighted by molar-refractivity contribution is -0.387. The van der Waals surface area contributed by atoms with Crippen LogP contribution in [0.5, 0.6) is 0 Å². The molecule has 1 spiro atoms. The number of methoxy groups -OCH3 is 1. The Morgan fingerprint density at radius 1 is 1.14 bits per heavy atom. The van der Waals surface area contributed by atoms with Crippen LogP contribution in [0, 0.1) is 0 Å². The van der Waals surface area contributed by atoms with Crippen molar-refractivity contribution in [3.8, 4) is 0 Å². The van der Waals surface area contributed by atoms with E-state index in [4.69, 9.17) is 35.3 Å². The van der Waals surface area contributed by atoms with Gasteiger partial charge in [-0.15, -0.1) is 0 Å². The second-order valence-electron chi connectivity index (χ2n) is 10.4. The average molecular weight is 539 g/mol. The predicted molar refractivity (Wildman–Crippen MR) is 117 cm³/mol. The van der Waals surface area contributed by atoms with Crippen LogP contribution in [0.4, 0.5) is 0 Å². The average Bonchev–Trinajstić information content (AvgIpc) is 3.52. The van der Waals surface area contributed by atoms with Crippen LogP contribution < -0.4 is 0 Å². The molecule has 1 aromatic carbocycles. The Morgan fingerprint density at radius 3 is 2.57 bits per heavy atom. The van der Waals surface area contributed by atoms with E-state index in [0.29, 0.717) is 0 Å². The number of esters is 1. The number of carbonyl (C=O) groups excluding carboxylic acids is 2. The first-order valence-corrected chi connectivity index (χ1v) is 12.1. The van der Waals surface area contributed by atoms with Gasteiger partial charge in [0.1, 0.15) is 24.9 Å². The molecule has 3 aliphatic heterocycles. The van der Waals surface area contributed by atoms with Gasteiger partial charge in [-0.1, -0.05) is 11.6 Å². The minimum absolute atomic E-state index is 0.0480. The number of Topliss-reactive ketones (excluding diaryl/α,β-unsaturated/α-hetero) is 1. The lowest BCUT2D eigenvalue weighted by Gasteiger charge is -2.55. The highest BCUT2D eigenvalue weighted by Crippen LogP contribution is 2.71. The minimum Gasteiger partial charge on any atom is -0.476 e. The lowest BCUT2D eigenvalue weighted by Crippen LogP contribution is -2.70. The van der Waals surface area contributed by atoms with Crippen molar-refractivity contribution in [2.24, 2.45) is 0 Å². The largest absolute Gasteiger partial charge is 0.476 e. The Labute approximate surface area is 213 Å². The van der Waals surface area contributed by atoms with Crippen LogP contribution in [0.3, 0.4) is 0 Å². The molecular formula is C24H23ClO12. The lowest BCUT2D eigenvalue weighted by atomic mass is 9.75. The molecule has 5 bridgehead atoms. The summed E-state index contributed by atoms with van der Waals surface area (Å²) in [7, 11) is 1.15. The summed E-state index contributed by atoms with van der Waals surface area (Å²) in [5.41, 5.74) is -6.23. The molecule has 13 heteroatoms. The number of hydrogen-bond donors (Lipinski definition) is 5. The number of ketones is 1. The van der Waals surface area contributed by atoms with Crippen molar-refractivity contribution < 1.29 is 58.8 Å². The van der Waals surface area contributed by atoms with E-state index in [2.05, 4.69) is 0 Å². The summed E-state index contributed by atoms with van der Waals surface area (Å²) in [6.45, 7) is 0.753. The first-order valence-electron chi connectivity index (χ1n) is 11.7. The summed E-state index contributed by atoms with van der Waals surface area (Å²) < 4.78 is 28.8. The van der Waals surface area contributed by atoms with Crippen LogP contribution in [0.25, 0.3) is 0 Å². The van der Waals surface area contributed by atoms with Crippen molar-refractivity contribution in [2.75, 3.05) is 13.7 Å². The van der Waals surface area contributed by atoms with Gasteiger partial charge in [-0.25, -0.2) is 4.79 Å². The number of fused-ring (bicyclic) bond motifs is 1. The number of rotatable bonds is 1. The van der Waals surface area contributed by atoms with Gasteiger partial charge in [0.05, 0.1) is 6.10 Å². The Morgan fingerprint density at radius 2 is 1.86 bits per heavy atom. The van der Waals surface area contributed by atoms with E-state index in [0.717, 1.165) is 7.11 Å². The van der Waals surface area contributed by atoms with Crippen molar-refractivity contribution in [1.29, 1.82) is 0 Å². The summed E-state index contributed by atoms with van der Waals surface area (Å²) in [5, 5.41) is 57.0. The van der Waals surface area contributed by atoms with Crippen LogP contribution in [0.2, 0.25) is 5.02 Å². The normalized spacial score (nSPS) is 49.1. The van der Waals surface area contributed by atoms with Gasteiger partial charge in [-0.3, -0.25) is 4.79 Å². The fourth-order valence-corrected chi connectivity index (χ4v) is 7.45. The highest BCUT2D eigenvalue weighted by atomic mass is 35.5. The Hall–Kier alpha value is -2.13. The van der Waals surface area contributed by atoms with Gasteiger partial charge in [0, 0.05) is 29.7 Å². The fourth-order valence-electron chi connectivity index (χ4n) is 7.12. The maximum absolute atomic E-state index is 13.6. The van der Waals surface area contributed by atoms with E-state index in [1.807, 2.05) is 0 Å². The van der Waals surface area contributed by atoms with Crippen LogP contribution in [0.15, 0.2) is 23.5 Å². The molecule has 198 valence electrons. The van der Waals surface area contributed by atoms with Crippen molar-refractivity contribution in [3.63, 3.8) is 0 Å². The van der Waals surface area contributed by atoms with Gasteiger partial charge in [0.15, 0.2) is 40.6 Å². The van der Waals surface area contributed by atoms with Crippen LogP contribution in [0.1, 0.15) is 42.2 Å². The fraction of sp³-hybridized carbons (Fsp3) is 0.583. The topological polar surface area (TPSA) is 185 Å². The highest BCUT2D eigenvalue weighted by Gasteiger charge is 2.88. The first-order chi connectivity index (χ1) is 17.4. The monoisotopic (exact) mass is 538 g/mol.